The van der Waals surface area contributed by atoms with Crippen molar-refractivity contribution < 1.29 is 0 Å². The Morgan fingerprint density at radius 3 is 2.24 bits per heavy atom. The normalized spacial score (nSPS) is 15.0. The lowest BCUT2D eigenvalue weighted by atomic mass is 10.1. The van der Waals surface area contributed by atoms with Crippen molar-refractivity contribution in [2.45, 2.75) is 18.9 Å². The summed E-state index contributed by atoms with van der Waals surface area (Å²) in [5.41, 5.74) is 1.83. The second kappa shape index (κ2) is 8.19. The number of rotatable bonds is 2. The molecule has 94 valence electrons. The lowest BCUT2D eigenvalue weighted by molar-refractivity contribution is 0.479. The molecule has 0 aliphatic carbocycles. The van der Waals surface area contributed by atoms with Crippen LogP contribution in [0.15, 0.2) is 24.3 Å². The van der Waals surface area contributed by atoms with Gasteiger partial charge in [0, 0.05) is 11.7 Å². The molecule has 0 amide bonds. The Morgan fingerprint density at radius 2 is 1.71 bits per heavy atom. The van der Waals surface area contributed by atoms with Gasteiger partial charge in [0.25, 0.3) is 0 Å². The van der Waals surface area contributed by atoms with Crippen molar-refractivity contribution in [3.8, 4) is 6.07 Å². The molecule has 1 fully saturated rings. The molecule has 3 nitrogen and oxygen atoms in total. The number of hydrogen-bond donors (Lipinski definition) is 2. The Bertz CT molecular complexity index is 353. The molecule has 17 heavy (non-hydrogen) atoms. The molecular formula is C12H17Cl2N3. The van der Waals surface area contributed by atoms with Crippen LogP contribution in [0.2, 0.25) is 0 Å². The van der Waals surface area contributed by atoms with E-state index in [1.807, 2.05) is 24.3 Å². The highest BCUT2D eigenvalue weighted by Crippen LogP contribution is 2.14. The van der Waals surface area contributed by atoms with E-state index in [-0.39, 0.29) is 24.8 Å². The first-order valence-electron chi connectivity index (χ1n) is 5.36. The molecular weight excluding hydrogens is 257 g/mol. The van der Waals surface area contributed by atoms with E-state index in [1.165, 1.54) is 12.8 Å². The third-order valence-electron chi connectivity index (χ3n) is 2.72. The van der Waals surface area contributed by atoms with Crippen LogP contribution in [0.25, 0.3) is 0 Å². The molecule has 1 aliphatic rings. The molecule has 1 aromatic rings. The molecule has 2 N–H and O–H groups in total. The highest BCUT2D eigenvalue weighted by atomic mass is 35.5. The average Bonchev–Trinajstić information content (AvgIpc) is 2.31. The molecule has 0 atom stereocenters. The van der Waals surface area contributed by atoms with Gasteiger partial charge >= 0.3 is 0 Å². The molecule has 0 aromatic heterocycles. The molecule has 1 aliphatic heterocycles. The fraction of sp³-hybridized carbons (Fsp3) is 0.417. The van der Waals surface area contributed by atoms with Gasteiger partial charge in [-0.05, 0) is 50.2 Å². The minimum atomic E-state index is 0. The van der Waals surface area contributed by atoms with Crippen LogP contribution >= 0.6 is 24.8 Å². The van der Waals surface area contributed by atoms with E-state index in [2.05, 4.69) is 16.7 Å². The Hall–Kier alpha value is -0.950. The minimum absolute atomic E-state index is 0. The fourth-order valence-corrected chi connectivity index (χ4v) is 1.84. The summed E-state index contributed by atoms with van der Waals surface area (Å²) < 4.78 is 0. The predicted octanol–water partition coefficient (Wildman–Crippen LogP) is 2.57. The third kappa shape index (κ3) is 4.82. The lowest BCUT2D eigenvalue weighted by Gasteiger charge is -2.24. The summed E-state index contributed by atoms with van der Waals surface area (Å²) in [6.07, 6.45) is 2.33. The SMILES string of the molecule is Cl.Cl.N#Cc1ccc(NC2CCNCC2)cc1. The number of piperidine rings is 1. The summed E-state index contributed by atoms with van der Waals surface area (Å²) in [5.74, 6) is 0. The molecule has 1 aromatic carbocycles. The lowest BCUT2D eigenvalue weighted by Crippen LogP contribution is -2.35. The van der Waals surface area contributed by atoms with Crippen molar-refractivity contribution in [2.24, 2.45) is 0 Å². The van der Waals surface area contributed by atoms with Crippen LogP contribution in [0.3, 0.4) is 0 Å². The molecule has 1 heterocycles. The van der Waals surface area contributed by atoms with Gasteiger partial charge in [-0.1, -0.05) is 0 Å². The maximum Gasteiger partial charge on any atom is 0.0991 e. The average molecular weight is 274 g/mol. The smallest absolute Gasteiger partial charge is 0.0991 e. The van der Waals surface area contributed by atoms with E-state index < -0.39 is 0 Å². The van der Waals surface area contributed by atoms with Gasteiger partial charge in [-0.15, -0.1) is 24.8 Å². The van der Waals surface area contributed by atoms with Crippen LogP contribution in [0.4, 0.5) is 5.69 Å². The van der Waals surface area contributed by atoms with Gasteiger partial charge in [0.2, 0.25) is 0 Å². The van der Waals surface area contributed by atoms with Crippen LogP contribution in [0.5, 0.6) is 0 Å². The number of nitrogens with one attached hydrogen (secondary N) is 2. The quantitative estimate of drug-likeness (QED) is 0.871. The zero-order valence-corrected chi connectivity index (χ0v) is 11.1. The second-order valence-corrected chi connectivity index (χ2v) is 3.86. The van der Waals surface area contributed by atoms with Gasteiger partial charge in [-0.2, -0.15) is 5.26 Å². The van der Waals surface area contributed by atoms with E-state index in [0.717, 1.165) is 18.8 Å². The Balaban J connectivity index is 0.00000128. The maximum absolute atomic E-state index is 8.67. The van der Waals surface area contributed by atoms with Crippen molar-refractivity contribution in [3.63, 3.8) is 0 Å². The summed E-state index contributed by atoms with van der Waals surface area (Å²) >= 11 is 0. The molecule has 0 radical (unpaired) electrons. The summed E-state index contributed by atoms with van der Waals surface area (Å²) in [6.45, 7) is 2.18. The standard InChI is InChI=1S/C12H15N3.2ClH/c13-9-10-1-3-11(4-2-10)15-12-5-7-14-8-6-12;;/h1-4,12,14-15H,5-8H2;2*1H. The number of nitriles is 1. The van der Waals surface area contributed by atoms with Gasteiger partial charge in [0.05, 0.1) is 11.6 Å². The predicted molar refractivity (Wildman–Crippen MR) is 75.2 cm³/mol. The van der Waals surface area contributed by atoms with Crippen molar-refractivity contribution in [1.29, 1.82) is 5.26 Å². The molecule has 0 saturated carbocycles. The zero-order chi connectivity index (χ0) is 10.5. The van der Waals surface area contributed by atoms with Crippen molar-refractivity contribution in [1.82, 2.24) is 5.32 Å². The molecule has 5 heteroatoms. The minimum Gasteiger partial charge on any atom is -0.382 e. The van der Waals surface area contributed by atoms with Gasteiger partial charge in [-0.25, -0.2) is 0 Å². The summed E-state index contributed by atoms with van der Waals surface area (Å²) in [5, 5.41) is 15.5. The monoisotopic (exact) mass is 273 g/mol. The molecule has 0 unspecified atom stereocenters. The molecule has 0 spiro atoms. The molecule has 2 rings (SSSR count). The Kier molecular flexibility index (Phi) is 7.73. The van der Waals surface area contributed by atoms with Crippen molar-refractivity contribution in [2.75, 3.05) is 18.4 Å². The van der Waals surface area contributed by atoms with Gasteiger partial charge in [-0.3, -0.25) is 0 Å². The summed E-state index contributed by atoms with van der Waals surface area (Å²) in [6, 6.07) is 10.3. The number of anilines is 1. The van der Waals surface area contributed by atoms with Crippen LogP contribution in [0.1, 0.15) is 18.4 Å². The topological polar surface area (TPSA) is 47.9 Å². The van der Waals surface area contributed by atoms with Gasteiger partial charge in [0.1, 0.15) is 0 Å². The number of halogens is 2. The second-order valence-electron chi connectivity index (χ2n) is 3.86. The summed E-state index contributed by atoms with van der Waals surface area (Å²) in [7, 11) is 0. The Morgan fingerprint density at radius 1 is 1.12 bits per heavy atom. The van der Waals surface area contributed by atoms with E-state index in [4.69, 9.17) is 5.26 Å². The first kappa shape index (κ1) is 16.1. The van der Waals surface area contributed by atoms with Crippen LogP contribution in [-0.2, 0) is 0 Å². The van der Waals surface area contributed by atoms with E-state index in [0.29, 0.717) is 11.6 Å². The third-order valence-corrected chi connectivity index (χ3v) is 2.72. The molecule has 0 bridgehead atoms. The number of nitrogens with zero attached hydrogens (tertiary/aromatic N) is 1. The maximum atomic E-state index is 8.67. The Labute approximate surface area is 114 Å². The first-order valence-corrected chi connectivity index (χ1v) is 5.36. The van der Waals surface area contributed by atoms with Crippen molar-refractivity contribution >= 4 is 30.5 Å². The zero-order valence-electron chi connectivity index (χ0n) is 9.48. The van der Waals surface area contributed by atoms with E-state index in [9.17, 15) is 0 Å². The highest BCUT2D eigenvalue weighted by molar-refractivity contribution is 5.85. The fourth-order valence-electron chi connectivity index (χ4n) is 1.84. The van der Waals surface area contributed by atoms with Gasteiger partial charge in [0.15, 0.2) is 0 Å². The van der Waals surface area contributed by atoms with Crippen LogP contribution < -0.4 is 10.6 Å². The van der Waals surface area contributed by atoms with Crippen LogP contribution in [0, 0.1) is 11.3 Å². The number of benzene rings is 1. The van der Waals surface area contributed by atoms with Crippen LogP contribution in [-0.4, -0.2) is 19.1 Å². The van der Waals surface area contributed by atoms with E-state index in [1.54, 1.807) is 0 Å². The van der Waals surface area contributed by atoms with Crippen molar-refractivity contribution in [3.05, 3.63) is 29.8 Å². The first-order chi connectivity index (χ1) is 7.38. The van der Waals surface area contributed by atoms with Gasteiger partial charge < -0.3 is 10.6 Å². The number of hydrogen-bond acceptors (Lipinski definition) is 3. The molecule has 1 saturated heterocycles. The summed E-state index contributed by atoms with van der Waals surface area (Å²) in [4.78, 5) is 0. The van der Waals surface area contributed by atoms with E-state index >= 15 is 0 Å². The largest absolute Gasteiger partial charge is 0.382 e. The highest BCUT2D eigenvalue weighted by Gasteiger charge is 2.11.